The van der Waals surface area contributed by atoms with E-state index in [0.717, 1.165) is 0 Å². The highest BCUT2D eigenvalue weighted by Gasteiger charge is 2.39. The average Bonchev–Trinajstić information content (AvgIpc) is 3.11. The molecular formula is C18H22F3N3O2. The third-order valence-corrected chi connectivity index (χ3v) is 4.29. The average molecular weight is 369 g/mol. The number of halogens is 3. The molecule has 1 aliphatic heterocycles. The molecule has 0 bridgehead atoms. The van der Waals surface area contributed by atoms with Gasteiger partial charge in [0.15, 0.2) is 0 Å². The summed E-state index contributed by atoms with van der Waals surface area (Å²) in [7, 11) is 0. The molecule has 0 spiro atoms. The summed E-state index contributed by atoms with van der Waals surface area (Å²) in [5.41, 5.74) is 0.177. The molecule has 1 saturated heterocycles. The molecule has 0 N–H and O–H groups in total. The molecule has 3 rings (SSSR count). The van der Waals surface area contributed by atoms with E-state index in [9.17, 15) is 18.0 Å². The van der Waals surface area contributed by atoms with E-state index in [4.69, 9.17) is 4.74 Å². The van der Waals surface area contributed by atoms with Crippen molar-refractivity contribution < 1.29 is 22.7 Å². The van der Waals surface area contributed by atoms with E-state index in [0.29, 0.717) is 30.5 Å². The second-order valence-corrected chi connectivity index (χ2v) is 7.61. The van der Waals surface area contributed by atoms with Crippen molar-refractivity contribution in [3.8, 4) is 0 Å². The van der Waals surface area contributed by atoms with Gasteiger partial charge in [0.2, 0.25) is 5.82 Å². The number of carbonyl (C=O) groups excluding carboxylic acids is 1. The van der Waals surface area contributed by atoms with Crippen LogP contribution in [0.1, 0.15) is 33.0 Å². The van der Waals surface area contributed by atoms with Gasteiger partial charge in [-0.15, -0.1) is 0 Å². The summed E-state index contributed by atoms with van der Waals surface area (Å²) in [6, 6.07) is 6.57. The van der Waals surface area contributed by atoms with Crippen LogP contribution in [0, 0.1) is 5.92 Å². The standard InChI is InChI=1S/C18H22F3N3O2/c1-17(2,3)26-16(25)23-9-8-12(10-23)11-24-14-7-5-4-6-13(14)22-15(24)18(19,20)21/h4-7,12H,8-11H2,1-3H3/t12-/m0/s1. The zero-order valence-corrected chi connectivity index (χ0v) is 15.0. The fourth-order valence-electron chi connectivity index (χ4n) is 3.21. The minimum atomic E-state index is -4.53. The minimum absolute atomic E-state index is 0.0822. The number of para-hydroxylation sites is 2. The Morgan fingerprint density at radius 1 is 1.27 bits per heavy atom. The number of nitrogens with zero attached hydrogens (tertiary/aromatic N) is 3. The van der Waals surface area contributed by atoms with Crippen molar-refractivity contribution >= 4 is 17.1 Å². The summed E-state index contributed by atoms with van der Waals surface area (Å²) in [5, 5.41) is 0. The van der Waals surface area contributed by atoms with Crippen LogP contribution in [-0.4, -0.2) is 39.2 Å². The number of amides is 1. The second kappa shape index (κ2) is 6.48. The number of aromatic nitrogens is 2. The second-order valence-electron chi connectivity index (χ2n) is 7.61. The first kappa shape index (κ1) is 18.5. The zero-order chi connectivity index (χ0) is 19.1. The lowest BCUT2D eigenvalue weighted by Gasteiger charge is -2.24. The third kappa shape index (κ3) is 3.94. The molecule has 0 aliphatic carbocycles. The van der Waals surface area contributed by atoms with Crippen LogP contribution in [0.15, 0.2) is 24.3 Å². The van der Waals surface area contributed by atoms with E-state index in [-0.39, 0.29) is 12.5 Å². The van der Waals surface area contributed by atoms with Gasteiger partial charge in [-0.1, -0.05) is 12.1 Å². The van der Waals surface area contributed by atoms with Gasteiger partial charge in [-0.3, -0.25) is 0 Å². The van der Waals surface area contributed by atoms with Crippen LogP contribution >= 0.6 is 0 Å². The van der Waals surface area contributed by atoms with Gasteiger partial charge in [0.25, 0.3) is 0 Å². The Morgan fingerprint density at radius 2 is 1.96 bits per heavy atom. The summed E-state index contributed by atoms with van der Waals surface area (Å²) in [6.07, 6.45) is -4.32. The molecule has 2 aromatic rings. The van der Waals surface area contributed by atoms with E-state index < -0.39 is 23.7 Å². The maximum Gasteiger partial charge on any atom is 0.449 e. The highest BCUT2D eigenvalue weighted by atomic mass is 19.4. The van der Waals surface area contributed by atoms with Gasteiger partial charge in [0.05, 0.1) is 11.0 Å². The molecule has 0 saturated carbocycles. The van der Waals surface area contributed by atoms with E-state index in [1.165, 1.54) is 4.57 Å². The number of hydrogen-bond donors (Lipinski definition) is 0. The van der Waals surface area contributed by atoms with Crippen LogP contribution in [0.25, 0.3) is 11.0 Å². The summed E-state index contributed by atoms with van der Waals surface area (Å²) in [4.78, 5) is 17.5. The predicted octanol–water partition coefficient (Wildman–Crippen LogP) is 4.31. The van der Waals surface area contributed by atoms with Gasteiger partial charge in [0.1, 0.15) is 5.60 Å². The highest BCUT2D eigenvalue weighted by molar-refractivity contribution is 5.76. The molecule has 1 fully saturated rings. The number of likely N-dealkylation sites (tertiary alicyclic amines) is 1. The molecule has 1 atom stereocenters. The number of benzene rings is 1. The number of fused-ring (bicyclic) bond motifs is 1. The van der Waals surface area contributed by atoms with Crippen molar-refractivity contribution in [2.45, 2.75) is 45.5 Å². The number of hydrogen-bond acceptors (Lipinski definition) is 3. The smallest absolute Gasteiger partial charge is 0.444 e. The van der Waals surface area contributed by atoms with Gasteiger partial charge in [-0.2, -0.15) is 13.2 Å². The normalized spacial score (nSPS) is 18.5. The first-order valence-corrected chi connectivity index (χ1v) is 8.55. The molecule has 5 nitrogen and oxygen atoms in total. The SMILES string of the molecule is CC(C)(C)OC(=O)N1CC[C@H](Cn2c(C(F)(F)F)nc3ccccc32)C1. The van der Waals surface area contributed by atoms with Crippen LogP contribution in [-0.2, 0) is 17.5 Å². The lowest BCUT2D eigenvalue weighted by molar-refractivity contribution is -0.147. The van der Waals surface area contributed by atoms with Gasteiger partial charge in [0, 0.05) is 19.6 Å². The first-order chi connectivity index (χ1) is 12.0. The molecule has 26 heavy (non-hydrogen) atoms. The van der Waals surface area contributed by atoms with Crippen molar-refractivity contribution in [1.29, 1.82) is 0 Å². The molecule has 0 radical (unpaired) electrons. The van der Waals surface area contributed by atoms with Crippen molar-refractivity contribution in [2.24, 2.45) is 5.92 Å². The van der Waals surface area contributed by atoms with Crippen molar-refractivity contribution in [1.82, 2.24) is 14.5 Å². The molecule has 0 unspecified atom stereocenters. The quantitative estimate of drug-likeness (QED) is 0.792. The Morgan fingerprint density at radius 3 is 2.62 bits per heavy atom. The third-order valence-electron chi connectivity index (χ3n) is 4.29. The fourth-order valence-corrected chi connectivity index (χ4v) is 3.21. The van der Waals surface area contributed by atoms with Crippen LogP contribution in [0.2, 0.25) is 0 Å². The van der Waals surface area contributed by atoms with E-state index >= 15 is 0 Å². The maximum absolute atomic E-state index is 13.4. The van der Waals surface area contributed by atoms with Crippen LogP contribution in [0.4, 0.5) is 18.0 Å². The molecule has 2 heterocycles. The lowest BCUT2D eigenvalue weighted by atomic mass is 10.1. The topological polar surface area (TPSA) is 47.4 Å². The van der Waals surface area contributed by atoms with Gasteiger partial charge >= 0.3 is 12.3 Å². The molecule has 1 aliphatic rings. The van der Waals surface area contributed by atoms with Crippen LogP contribution < -0.4 is 0 Å². The zero-order valence-electron chi connectivity index (χ0n) is 15.0. The van der Waals surface area contributed by atoms with Gasteiger partial charge < -0.3 is 14.2 Å². The molecule has 1 aromatic carbocycles. The number of ether oxygens (including phenoxy) is 1. The number of imidazole rings is 1. The Balaban J connectivity index is 1.79. The highest BCUT2D eigenvalue weighted by Crippen LogP contribution is 2.33. The summed E-state index contributed by atoms with van der Waals surface area (Å²) < 4.78 is 46.7. The number of alkyl halides is 3. The number of carbonyl (C=O) groups is 1. The van der Waals surface area contributed by atoms with Gasteiger partial charge in [-0.05, 0) is 45.2 Å². The Bertz CT molecular complexity index is 808. The van der Waals surface area contributed by atoms with Crippen LogP contribution in [0.3, 0.4) is 0 Å². The molecular weight excluding hydrogens is 347 g/mol. The largest absolute Gasteiger partial charge is 0.449 e. The maximum atomic E-state index is 13.4. The summed E-state index contributed by atoms with van der Waals surface area (Å²) >= 11 is 0. The van der Waals surface area contributed by atoms with E-state index in [1.54, 1.807) is 49.9 Å². The van der Waals surface area contributed by atoms with E-state index in [2.05, 4.69) is 4.98 Å². The molecule has 1 amide bonds. The fraction of sp³-hybridized carbons (Fsp3) is 0.556. The van der Waals surface area contributed by atoms with Gasteiger partial charge in [-0.25, -0.2) is 9.78 Å². The van der Waals surface area contributed by atoms with Crippen molar-refractivity contribution in [2.75, 3.05) is 13.1 Å². The molecule has 142 valence electrons. The number of rotatable bonds is 2. The molecule has 1 aromatic heterocycles. The summed E-state index contributed by atoms with van der Waals surface area (Å²) in [6.45, 7) is 6.37. The summed E-state index contributed by atoms with van der Waals surface area (Å²) in [5.74, 6) is -0.976. The monoisotopic (exact) mass is 369 g/mol. The van der Waals surface area contributed by atoms with E-state index in [1.807, 2.05) is 0 Å². The minimum Gasteiger partial charge on any atom is -0.444 e. The Kier molecular flexibility index (Phi) is 4.62. The van der Waals surface area contributed by atoms with Crippen molar-refractivity contribution in [3.05, 3.63) is 30.1 Å². The van der Waals surface area contributed by atoms with Crippen molar-refractivity contribution in [3.63, 3.8) is 0 Å². The Labute approximate surface area is 149 Å². The van der Waals surface area contributed by atoms with Crippen LogP contribution in [0.5, 0.6) is 0 Å². The lowest BCUT2D eigenvalue weighted by Crippen LogP contribution is -2.35. The predicted molar refractivity (Wildman–Crippen MR) is 90.6 cm³/mol. The molecule has 8 heteroatoms. The first-order valence-electron chi connectivity index (χ1n) is 8.55. The Hall–Kier alpha value is -2.25.